The Hall–Kier alpha value is -1.44. The van der Waals surface area contributed by atoms with Crippen molar-refractivity contribution in [3.63, 3.8) is 0 Å². The van der Waals surface area contributed by atoms with Crippen LogP contribution < -0.4 is 10.1 Å². The average molecular weight is 187 g/mol. The molecule has 0 aromatic heterocycles. The summed E-state index contributed by atoms with van der Waals surface area (Å²) < 4.78 is 5.64. The Labute approximate surface area is 83.6 Å². The van der Waals surface area contributed by atoms with Crippen LogP contribution in [0.4, 0.5) is 5.69 Å². The predicted molar refractivity (Wildman–Crippen MR) is 57.8 cm³/mol. The summed E-state index contributed by atoms with van der Waals surface area (Å²) in [7, 11) is 0. The topological polar surface area (TPSA) is 21.3 Å². The van der Waals surface area contributed by atoms with Gasteiger partial charge in [-0.15, -0.1) is 0 Å². The molecule has 0 unspecified atom stereocenters. The summed E-state index contributed by atoms with van der Waals surface area (Å²) >= 11 is 0. The maximum absolute atomic E-state index is 5.64. The molecule has 2 heteroatoms. The van der Waals surface area contributed by atoms with Crippen molar-refractivity contribution in [3.8, 4) is 5.75 Å². The van der Waals surface area contributed by atoms with Gasteiger partial charge in [-0.2, -0.15) is 0 Å². The quantitative estimate of drug-likeness (QED) is 0.674. The van der Waals surface area contributed by atoms with Crippen LogP contribution in [0.3, 0.4) is 0 Å². The molecule has 0 aliphatic carbocycles. The largest absolute Gasteiger partial charge is 0.493 e. The zero-order chi connectivity index (χ0) is 9.54. The van der Waals surface area contributed by atoms with Crippen molar-refractivity contribution in [2.75, 3.05) is 18.5 Å². The third kappa shape index (κ3) is 0.969. The van der Waals surface area contributed by atoms with E-state index in [0.29, 0.717) is 0 Å². The van der Waals surface area contributed by atoms with Crippen LogP contribution >= 0.6 is 0 Å². The van der Waals surface area contributed by atoms with E-state index < -0.39 is 0 Å². The van der Waals surface area contributed by atoms with Crippen molar-refractivity contribution in [2.24, 2.45) is 0 Å². The van der Waals surface area contributed by atoms with Crippen molar-refractivity contribution >= 4 is 11.3 Å². The zero-order valence-electron chi connectivity index (χ0n) is 8.26. The van der Waals surface area contributed by atoms with E-state index in [2.05, 4.69) is 30.4 Å². The van der Waals surface area contributed by atoms with Gasteiger partial charge in [0.05, 0.1) is 6.61 Å². The van der Waals surface area contributed by atoms with Crippen LogP contribution in [0, 0.1) is 6.92 Å². The number of hydrogen-bond donors (Lipinski definition) is 1. The van der Waals surface area contributed by atoms with E-state index in [-0.39, 0.29) is 0 Å². The summed E-state index contributed by atoms with van der Waals surface area (Å²) in [5.74, 6) is 1.04. The van der Waals surface area contributed by atoms with Gasteiger partial charge in [-0.3, -0.25) is 0 Å². The van der Waals surface area contributed by atoms with E-state index in [1.165, 1.54) is 22.4 Å². The first kappa shape index (κ1) is 7.92. The van der Waals surface area contributed by atoms with Gasteiger partial charge in [-0.1, -0.05) is 12.1 Å². The van der Waals surface area contributed by atoms with E-state index in [0.717, 1.165) is 25.3 Å². The molecule has 0 bridgehead atoms. The summed E-state index contributed by atoms with van der Waals surface area (Å²) in [4.78, 5) is 0. The molecule has 0 radical (unpaired) electrons. The van der Waals surface area contributed by atoms with Gasteiger partial charge in [0, 0.05) is 24.2 Å². The fraction of sp³-hybridized carbons (Fsp3) is 0.333. The van der Waals surface area contributed by atoms with E-state index in [1.54, 1.807) is 0 Å². The predicted octanol–water partition coefficient (Wildman–Crippen LogP) is 2.59. The second kappa shape index (κ2) is 2.77. The molecule has 3 rings (SSSR count). The minimum Gasteiger partial charge on any atom is -0.493 e. The molecule has 0 spiro atoms. The molecule has 0 saturated heterocycles. The van der Waals surface area contributed by atoms with E-state index >= 15 is 0 Å². The van der Waals surface area contributed by atoms with Gasteiger partial charge in [-0.25, -0.2) is 0 Å². The molecule has 0 saturated carbocycles. The first-order valence-corrected chi connectivity index (χ1v) is 5.06. The molecule has 72 valence electrons. The molecular weight excluding hydrogens is 174 g/mol. The number of hydrogen-bond acceptors (Lipinski definition) is 2. The Bertz CT molecular complexity index is 421. The van der Waals surface area contributed by atoms with Crippen LogP contribution in [-0.4, -0.2) is 13.2 Å². The van der Waals surface area contributed by atoms with E-state index in [9.17, 15) is 0 Å². The molecule has 0 fully saturated rings. The lowest BCUT2D eigenvalue weighted by atomic mass is 9.93. The Morgan fingerprint density at radius 1 is 1.36 bits per heavy atom. The van der Waals surface area contributed by atoms with Crippen molar-refractivity contribution in [2.45, 2.75) is 13.3 Å². The molecule has 2 heterocycles. The zero-order valence-corrected chi connectivity index (χ0v) is 8.26. The number of nitrogens with one attached hydrogen (secondary N) is 1. The van der Waals surface area contributed by atoms with Crippen LogP contribution in [-0.2, 0) is 0 Å². The van der Waals surface area contributed by atoms with Crippen molar-refractivity contribution in [3.05, 3.63) is 29.3 Å². The summed E-state index contributed by atoms with van der Waals surface area (Å²) in [5.41, 5.74) is 5.31. The summed E-state index contributed by atoms with van der Waals surface area (Å²) in [6, 6.07) is 4.20. The highest BCUT2D eigenvalue weighted by Crippen LogP contribution is 2.41. The summed E-state index contributed by atoms with van der Waals surface area (Å²) in [5, 5.41) is 3.41. The fourth-order valence-electron chi connectivity index (χ4n) is 2.23. The lowest BCUT2D eigenvalue weighted by molar-refractivity contribution is 0.316. The smallest absolute Gasteiger partial charge is 0.128 e. The highest BCUT2D eigenvalue weighted by atomic mass is 16.5. The monoisotopic (exact) mass is 187 g/mol. The first-order valence-electron chi connectivity index (χ1n) is 5.06. The van der Waals surface area contributed by atoms with Gasteiger partial charge < -0.3 is 10.1 Å². The molecular formula is C12H13NO. The minimum absolute atomic E-state index is 0.821. The Morgan fingerprint density at radius 2 is 2.29 bits per heavy atom. The lowest BCUT2D eigenvalue weighted by Crippen LogP contribution is -2.16. The van der Waals surface area contributed by atoms with Gasteiger partial charge >= 0.3 is 0 Å². The molecule has 2 nitrogen and oxygen atoms in total. The van der Waals surface area contributed by atoms with E-state index in [1.807, 2.05) is 0 Å². The molecule has 2 aliphatic rings. The van der Waals surface area contributed by atoms with Gasteiger partial charge in [-0.05, 0) is 24.1 Å². The Morgan fingerprint density at radius 3 is 3.21 bits per heavy atom. The maximum Gasteiger partial charge on any atom is 0.128 e. The SMILES string of the molecule is Cc1ccc2c3c1NCC=C3CCO2. The number of anilines is 1. The van der Waals surface area contributed by atoms with Gasteiger partial charge in [0.1, 0.15) is 5.75 Å². The third-order valence-corrected chi connectivity index (χ3v) is 2.95. The van der Waals surface area contributed by atoms with Crippen LogP contribution in [0.25, 0.3) is 5.57 Å². The number of ether oxygens (including phenoxy) is 1. The molecule has 0 atom stereocenters. The van der Waals surface area contributed by atoms with Crippen LogP contribution in [0.15, 0.2) is 18.2 Å². The van der Waals surface area contributed by atoms with Crippen LogP contribution in [0.2, 0.25) is 0 Å². The average Bonchev–Trinajstić information content (AvgIpc) is 2.24. The van der Waals surface area contributed by atoms with Gasteiger partial charge in [0.15, 0.2) is 0 Å². The van der Waals surface area contributed by atoms with Crippen molar-refractivity contribution < 1.29 is 4.74 Å². The summed E-state index contributed by atoms with van der Waals surface area (Å²) in [6.07, 6.45) is 3.32. The molecule has 14 heavy (non-hydrogen) atoms. The lowest BCUT2D eigenvalue weighted by Gasteiger charge is -2.27. The second-order valence-electron chi connectivity index (χ2n) is 3.84. The van der Waals surface area contributed by atoms with Crippen LogP contribution in [0.1, 0.15) is 17.5 Å². The van der Waals surface area contributed by atoms with Crippen LogP contribution in [0.5, 0.6) is 5.75 Å². The Kier molecular flexibility index (Phi) is 1.57. The molecule has 1 aromatic rings. The summed E-state index contributed by atoms with van der Waals surface area (Å²) in [6.45, 7) is 3.91. The molecule has 1 aromatic carbocycles. The van der Waals surface area contributed by atoms with Gasteiger partial charge in [0.25, 0.3) is 0 Å². The minimum atomic E-state index is 0.821. The molecule has 0 amide bonds. The molecule has 2 aliphatic heterocycles. The normalized spacial score (nSPS) is 17.6. The second-order valence-corrected chi connectivity index (χ2v) is 3.84. The highest BCUT2D eigenvalue weighted by molar-refractivity contribution is 5.85. The molecule has 1 N–H and O–H groups in total. The Balaban J connectivity index is 2.30. The number of aryl methyl sites for hydroxylation is 1. The third-order valence-electron chi connectivity index (χ3n) is 2.95. The fourth-order valence-corrected chi connectivity index (χ4v) is 2.23. The van der Waals surface area contributed by atoms with Crippen molar-refractivity contribution in [1.29, 1.82) is 0 Å². The first-order chi connectivity index (χ1) is 6.86. The standard InChI is InChI=1S/C12H13NO/c1-8-2-3-10-11-9(5-7-14-10)4-6-13-12(8)11/h2-4,13H,5-7H2,1H3. The number of benzene rings is 1. The number of rotatable bonds is 0. The van der Waals surface area contributed by atoms with E-state index in [4.69, 9.17) is 4.74 Å². The van der Waals surface area contributed by atoms with Crippen molar-refractivity contribution in [1.82, 2.24) is 0 Å². The highest BCUT2D eigenvalue weighted by Gasteiger charge is 2.22. The van der Waals surface area contributed by atoms with Gasteiger partial charge in [0.2, 0.25) is 0 Å². The maximum atomic E-state index is 5.64.